The Hall–Kier alpha value is -2.28. The van der Waals surface area contributed by atoms with Crippen molar-refractivity contribution in [3.63, 3.8) is 0 Å². The first-order valence-corrected chi connectivity index (χ1v) is 7.95. The fourth-order valence-electron chi connectivity index (χ4n) is 2.09. The van der Waals surface area contributed by atoms with Gasteiger partial charge in [-0.2, -0.15) is 0 Å². The van der Waals surface area contributed by atoms with Crippen LogP contribution in [0.2, 0.25) is 0 Å². The van der Waals surface area contributed by atoms with Gasteiger partial charge in [0.2, 0.25) is 0 Å². The van der Waals surface area contributed by atoms with Crippen molar-refractivity contribution in [3.8, 4) is 11.5 Å². The number of phenols is 2. The van der Waals surface area contributed by atoms with Gasteiger partial charge in [-0.15, -0.1) is 0 Å². The fourth-order valence-corrected chi connectivity index (χ4v) is 2.09. The van der Waals surface area contributed by atoms with E-state index in [0.717, 1.165) is 12.8 Å². The van der Waals surface area contributed by atoms with Crippen molar-refractivity contribution in [1.29, 1.82) is 0 Å². The maximum Gasteiger partial charge on any atom is 0.323 e. The summed E-state index contributed by atoms with van der Waals surface area (Å²) in [7, 11) is 0. The van der Waals surface area contributed by atoms with Gasteiger partial charge in [0, 0.05) is 0 Å². The molecule has 0 spiro atoms. The molecule has 0 radical (unpaired) electrons. The summed E-state index contributed by atoms with van der Waals surface area (Å²) in [6.07, 6.45) is 0.690. The average molecular weight is 337 g/mol. The highest BCUT2D eigenvalue weighted by Gasteiger charge is 2.33. The Morgan fingerprint density at radius 3 is 2.38 bits per heavy atom. The Morgan fingerprint density at radius 2 is 1.79 bits per heavy atom. The van der Waals surface area contributed by atoms with Crippen LogP contribution in [-0.2, 0) is 25.5 Å². The van der Waals surface area contributed by atoms with E-state index in [4.69, 9.17) is 15.2 Å². The number of esters is 2. The summed E-state index contributed by atoms with van der Waals surface area (Å²) in [5.41, 5.74) is 6.41. The van der Waals surface area contributed by atoms with Crippen molar-refractivity contribution < 1.29 is 29.3 Å². The Kier molecular flexibility index (Phi) is 5.66. The molecule has 0 saturated heterocycles. The van der Waals surface area contributed by atoms with Crippen LogP contribution >= 0.6 is 0 Å². The monoisotopic (exact) mass is 337 g/mol. The molecule has 1 aromatic carbocycles. The van der Waals surface area contributed by atoms with E-state index in [1.54, 1.807) is 19.9 Å². The van der Waals surface area contributed by atoms with Crippen LogP contribution in [0.3, 0.4) is 0 Å². The molecule has 0 aromatic heterocycles. The lowest BCUT2D eigenvalue weighted by Crippen LogP contribution is -2.39. The number of hydrogen-bond donors (Lipinski definition) is 3. The SMILES string of the molecule is CC(OC(=O)C1CC1)[C@@H](C)OC(=O)[C@@H](N)Cc1ccc(O)c(O)c1. The average Bonchev–Trinajstić information content (AvgIpc) is 3.35. The molecule has 3 atom stereocenters. The second kappa shape index (κ2) is 7.53. The first-order valence-electron chi connectivity index (χ1n) is 7.95. The number of benzene rings is 1. The smallest absolute Gasteiger partial charge is 0.323 e. The van der Waals surface area contributed by atoms with Crippen molar-refractivity contribution in [2.24, 2.45) is 11.7 Å². The van der Waals surface area contributed by atoms with Crippen LogP contribution in [-0.4, -0.2) is 40.4 Å². The zero-order valence-electron chi connectivity index (χ0n) is 13.8. The molecule has 7 heteroatoms. The molecule has 1 saturated carbocycles. The minimum Gasteiger partial charge on any atom is -0.504 e. The van der Waals surface area contributed by atoms with Crippen molar-refractivity contribution in [2.45, 2.75) is 51.4 Å². The number of rotatable bonds is 7. The van der Waals surface area contributed by atoms with Gasteiger partial charge in [0.15, 0.2) is 11.5 Å². The van der Waals surface area contributed by atoms with Crippen molar-refractivity contribution in [2.75, 3.05) is 0 Å². The van der Waals surface area contributed by atoms with Gasteiger partial charge < -0.3 is 25.4 Å². The van der Waals surface area contributed by atoms with E-state index < -0.39 is 24.2 Å². The normalized spacial score (nSPS) is 17.6. The van der Waals surface area contributed by atoms with Crippen LogP contribution in [0.5, 0.6) is 11.5 Å². The van der Waals surface area contributed by atoms with Gasteiger partial charge in [0.05, 0.1) is 5.92 Å². The van der Waals surface area contributed by atoms with Crippen LogP contribution in [0.25, 0.3) is 0 Å². The van der Waals surface area contributed by atoms with Gasteiger partial charge in [0.25, 0.3) is 0 Å². The maximum absolute atomic E-state index is 12.0. The van der Waals surface area contributed by atoms with Crippen molar-refractivity contribution in [1.82, 2.24) is 0 Å². The summed E-state index contributed by atoms with van der Waals surface area (Å²) in [6.45, 7) is 3.31. The number of aromatic hydroxyl groups is 2. The van der Waals surface area contributed by atoms with E-state index in [2.05, 4.69) is 0 Å². The Morgan fingerprint density at radius 1 is 1.17 bits per heavy atom. The highest BCUT2D eigenvalue weighted by Crippen LogP contribution is 2.30. The molecule has 1 aromatic rings. The number of nitrogens with two attached hydrogens (primary N) is 1. The first-order chi connectivity index (χ1) is 11.3. The van der Waals surface area contributed by atoms with Gasteiger partial charge in [0.1, 0.15) is 18.2 Å². The summed E-state index contributed by atoms with van der Waals surface area (Å²) in [5, 5.41) is 18.7. The summed E-state index contributed by atoms with van der Waals surface area (Å²) in [5.74, 6) is -1.41. The second-order valence-electron chi connectivity index (χ2n) is 6.19. The largest absolute Gasteiger partial charge is 0.504 e. The van der Waals surface area contributed by atoms with Crippen LogP contribution in [0.1, 0.15) is 32.3 Å². The van der Waals surface area contributed by atoms with E-state index in [-0.39, 0.29) is 29.8 Å². The van der Waals surface area contributed by atoms with Gasteiger partial charge in [-0.25, -0.2) is 0 Å². The number of carbonyl (C=O) groups is 2. The minimum absolute atomic E-state index is 0.0141. The molecule has 2 rings (SSSR count). The predicted molar refractivity (Wildman–Crippen MR) is 85.3 cm³/mol. The molecule has 1 aliphatic carbocycles. The number of ether oxygens (including phenoxy) is 2. The van der Waals surface area contributed by atoms with E-state index in [9.17, 15) is 19.8 Å². The third kappa shape index (κ3) is 4.86. The molecule has 7 nitrogen and oxygen atoms in total. The Balaban J connectivity index is 1.83. The Labute approximate surface area is 140 Å². The summed E-state index contributed by atoms with van der Waals surface area (Å²) in [4.78, 5) is 23.7. The second-order valence-corrected chi connectivity index (χ2v) is 6.19. The van der Waals surface area contributed by atoms with Crippen molar-refractivity contribution >= 4 is 11.9 Å². The topological polar surface area (TPSA) is 119 Å². The third-order valence-corrected chi connectivity index (χ3v) is 3.97. The van der Waals surface area contributed by atoms with Gasteiger partial charge >= 0.3 is 11.9 Å². The van der Waals surface area contributed by atoms with Crippen LogP contribution in [0, 0.1) is 5.92 Å². The standard InChI is InChI=1S/C17H23NO6/c1-9(23-16(21)12-4-5-12)10(2)24-17(22)13(18)7-11-3-6-14(19)15(20)8-11/h3,6,8-10,12-13,19-20H,4-5,7,18H2,1-2H3/t9?,10-,13+/m1/s1. The molecule has 4 N–H and O–H groups in total. The molecule has 1 fully saturated rings. The lowest BCUT2D eigenvalue weighted by atomic mass is 10.1. The van der Waals surface area contributed by atoms with Crippen LogP contribution < -0.4 is 5.73 Å². The fraction of sp³-hybridized carbons (Fsp3) is 0.529. The molecular weight excluding hydrogens is 314 g/mol. The van der Waals surface area contributed by atoms with Gasteiger partial charge in [-0.1, -0.05) is 6.07 Å². The van der Waals surface area contributed by atoms with Gasteiger partial charge in [-0.05, 0) is 50.8 Å². The third-order valence-electron chi connectivity index (χ3n) is 3.97. The summed E-state index contributed by atoms with van der Waals surface area (Å²) in [6, 6.07) is 3.30. The first kappa shape index (κ1) is 18.1. The lowest BCUT2D eigenvalue weighted by molar-refractivity contribution is -0.167. The summed E-state index contributed by atoms with van der Waals surface area (Å²) < 4.78 is 10.5. The van der Waals surface area contributed by atoms with E-state index >= 15 is 0 Å². The van der Waals surface area contributed by atoms with E-state index in [0.29, 0.717) is 5.56 Å². The highest BCUT2D eigenvalue weighted by atomic mass is 16.6. The molecule has 24 heavy (non-hydrogen) atoms. The van der Waals surface area contributed by atoms with Crippen LogP contribution in [0.4, 0.5) is 0 Å². The minimum atomic E-state index is -0.928. The molecule has 132 valence electrons. The molecular formula is C17H23NO6. The van der Waals surface area contributed by atoms with E-state index in [1.165, 1.54) is 12.1 Å². The van der Waals surface area contributed by atoms with Crippen molar-refractivity contribution in [3.05, 3.63) is 23.8 Å². The predicted octanol–water partition coefficient (Wildman–Crippen LogP) is 1.24. The number of carbonyl (C=O) groups excluding carboxylic acids is 2. The number of phenolic OH excluding ortho intramolecular Hbond substituents is 2. The molecule has 0 aliphatic heterocycles. The molecule has 1 aliphatic rings. The highest BCUT2D eigenvalue weighted by molar-refractivity contribution is 5.76. The van der Waals surface area contributed by atoms with Crippen LogP contribution in [0.15, 0.2) is 18.2 Å². The zero-order valence-corrected chi connectivity index (χ0v) is 13.8. The Bertz CT molecular complexity index is 613. The van der Waals surface area contributed by atoms with Gasteiger partial charge in [-0.3, -0.25) is 9.59 Å². The number of hydrogen-bond acceptors (Lipinski definition) is 7. The molecule has 0 bridgehead atoms. The quantitative estimate of drug-likeness (QED) is 0.506. The zero-order chi connectivity index (χ0) is 17.9. The van der Waals surface area contributed by atoms with E-state index in [1.807, 2.05) is 0 Å². The molecule has 1 unspecified atom stereocenters. The molecule has 0 amide bonds. The summed E-state index contributed by atoms with van der Waals surface area (Å²) >= 11 is 0. The lowest BCUT2D eigenvalue weighted by Gasteiger charge is -2.22. The maximum atomic E-state index is 12.0. The molecule has 0 heterocycles.